The van der Waals surface area contributed by atoms with Gasteiger partial charge in [-0.2, -0.15) is 0 Å². The molecule has 0 atom stereocenters. The van der Waals surface area contributed by atoms with Crippen LogP contribution in [-0.4, -0.2) is 5.78 Å². The van der Waals surface area contributed by atoms with Crippen molar-refractivity contribution in [3.8, 4) is 0 Å². The standard InChI is InChI=1S/C15H16O/c1-4-8-13(11-14(16)5-2)15-10-7-6-9-12(15)3/h4-10H,1-2,11H2,3H3/b13-8-. The van der Waals surface area contributed by atoms with Gasteiger partial charge in [0, 0.05) is 6.42 Å². The minimum atomic E-state index is 0.0244. The molecule has 0 spiro atoms. The van der Waals surface area contributed by atoms with E-state index in [0.29, 0.717) is 6.42 Å². The Morgan fingerprint density at radius 3 is 2.56 bits per heavy atom. The van der Waals surface area contributed by atoms with Crippen molar-refractivity contribution in [3.05, 3.63) is 66.8 Å². The highest BCUT2D eigenvalue weighted by atomic mass is 16.1. The molecule has 0 aliphatic heterocycles. The molecule has 0 N–H and O–H groups in total. The molecule has 0 saturated heterocycles. The fraction of sp³-hybridized carbons (Fsp3) is 0.133. The summed E-state index contributed by atoms with van der Waals surface area (Å²) in [6.45, 7) is 9.19. The molecule has 0 amide bonds. The van der Waals surface area contributed by atoms with Crippen LogP contribution in [0, 0.1) is 6.92 Å². The number of allylic oxidation sites excluding steroid dienone is 4. The van der Waals surface area contributed by atoms with E-state index in [1.165, 1.54) is 6.08 Å². The van der Waals surface area contributed by atoms with E-state index in [2.05, 4.69) is 13.2 Å². The summed E-state index contributed by atoms with van der Waals surface area (Å²) in [7, 11) is 0. The molecule has 1 rings (SSSR count). The predicted octanol–water partition coefficient (Wildman–Crippen LogP) is 3.71. The Hall–Kier alpha value is -1.89. The highest BCUT2D eigenvalue weighted by Gasteiger charge is 2.06. The zero-order valence-corrected chi connectivity index (χ0v) is 9.57. The molecule has 1 aromatic rings. The zero-order chi connectivity index (χ0) is 12.0. The number of carbonyl (C=O) groups is 1. The van der Waals surface area contributed by atoms with Gasteiger partial charge in [-0.05, 0) is 29.7 Å². The minimum Gasteiger partial charge on any atom is -0.295 e. The summed E-state index contributed by atoms with van der Waals surface area (Å²) < 4.78 is 0. The third-order valence-corrected chi connectivity index (χ3v) is 2.40. The summed E-state index contributed by atoms with van der Waals surface area (Å²) in [6.07, 6.45) is 5.32. The Kier molecular flexibility index (Phi) is 4.46. The number of hydrogen-bond acceptors (Lipinski definition) is 1. The van der Waals surface area contributed by atoms with Gasteiger partial charge in [0.2, 0.25) is 0 Å². The fourth-order valence-electron chi connectivity index (χ4n) is 1.58. The van der Waals surface area contributed by atoms with Gasteiger partial charge >= 0.3 is 0 Å². The Bertz CT molecular complexity index is 439. The lowest BCUT2D eigenvalue weighted by Gasteiger charge is -2.08. The Morgan fingerprint density at radius 2 is 2.00 bits per heavy atom. The van der Waals surface area contributed by atoms with Crippen LogP contribution in [0.2, 0.25) is 0 Å². The Balaban J connectivity index is 3.08. The maximum atomic E-state index is 11.4. The molecule has 1 aromatic carbocycles. The van der Waals surface area contributed by atoms with E-state index in [-0.39, 0.29) is 5.78 Å². The van der Waals surface area contributed by atoms with Crippen LogP contribution in [0.5, 0.6) is 0 Å². The number of benzene rings is 1. The maximum absolute atomic E-state index is 11.4. The molecule has 16 heavy (non-hydrogen) atoms. The lowest BCUT2D eigenvalue weighted by Crippen LogP contribution is -1.96. The summed E-state index contributed by atoms with van der Waals surface area (Å²) in [6, 6.07) is 8.00. The molecule has 0 aliphatic rings. The predicted molar refractivity (Wildman–Crippen MR) is 69.2 cm³/mol. The SMILES string of the molecule is C=C/C=C(/CC(=O)C=C)c1ccccc1C. The number of aryl methyl sites for hydroxylation is 1. The Morgan fingerprint density at radius 1 is 1.31 bits per heavy atom. The molecule has 0 aromatic heterocycles. The molecular weight excluding hydrogens is 196 g/mol. The number of carbonyl (C=O) groups excluding carboxylic acids is 1. The molecule has 0 radical (unpaired) electrons. The van der Waals surface area contributed by atoms with E-state index in [1.807, 2.05) is 37.3 Å². The van der Waals surface area contributed by atoms with Crippen LogP contribution in [0.4, 0.5) is 0 Å². The molecule has 1 heteroatoms. The molecule has 0 unspecified atom stereocenters. The number of rotatable bonds is 5. The van der Waals surface area contributed by atoms with Crippen LogP contribution in [0.25, 0.3) is 5.57 Å². The summed E-state index contributed by atoms with van der Waals surface area (Å²) in [5.41, 5.74) is 3.24. The topological polar surface area (TPSA) is 17.1 Å². The van der Waals surface area contributed by atoms with Crippen molar-refractivity contribution >= 4 is 11.4 Å². The molecule has 0 saturated carbocycles. The highest BCUT2D eigenvalue weighted by molar-refractivity contribution is 5.97. The normalized spacial score (nSPS) is 10.9. The van der Waals surface area contributed by atoms with Crippen molar-refractivity contribution in [2.24, 2.45) is 0 Å². The van der Waals surface area contributed by atoms with Crippen molar-refractivity contribution in [2.45, 2.75) is 13.3 Å². The summed E-state index contributed by atoms with van der Waals surface area (Å²) >= 11 is 0. The van der Waals surface area contributed by atoms with Crippen LogP contribution < -0.4 is 0 Å². The van der Waals surface area contributed by atoms with Crippen LogP contribution >= 0.6 is 0 Å². The maximum Gasteiger partial charge on any atom is 0.159 e. The second-order valence-corrected chi connectivity index (χ2v) is 3.59. The third kappa shape index (κ3) is 3.06. The largest absolute Gasteiger partial charge is 0.295 e. The van der Waals surface area contributed by atoms with Gasteiger partial charge in [0.05, 0.1) is 0 Å². The first-order chi connectivity index (χ1) is 7.69. The first-order valence-electron chi connectivity index (χ1n) is 5.22. The zero-order valence-electron chi connectivity index (χ0n) is 9.57. The van der Waals surface area contributed by atoms with E-state index in [9.17, 15) is 4.79 Å². The minimum absolute atomic E-state index is 0.0244. The average Bonchev–Trinajstić information content (AvgIpc) is 2.29. The van der Waals surface area contributed by atoms with Gasteiger partial charge in [0.15, 0.2) is 5.78 Å². The summed E-state index contributed by atoms with van der Waals surface area (Å²) in [5, 5.41) is 0. The van der Waals surface area contributed by atoms with Crippen molar-refractivity contribution in [2.75, 3.05) is 0 Å². The third-order valence-electron chi connectivity index (χ3n) is 2.40. The molecule has 0 fully saturated rings. The average molecular weight is 212 g/mol. The monoisotopic (exact) mass is 212 g/mol. The highest BCUT2D eigenvalue weighted by Crippen LogP contribution is 2.22. The van der Waals surface area contributed by atoms with Crippen LogP contribution in [0.3, 0.4) is 0 Å². The van der Waals surface area contributed by atoms with Gasteiger partial charge in [-0.15, -0.1) is 0 Å². The van der Waals surface area contributed by atoms with Gasteiger partial charge in [-0.3, -0.25) is 4.79 Å². The lowest BCUT2D eigenvalue weighted by molar-refractivity contribution is -0.113. The van der Waals surface area contributed by atoms with Crippen LogP contribution in [0.1, 0.15) is 17.5 Å². The van der Waals surface area contributed by atoms with E-state index in [0.717, 1.165) is 16.7 Å². The number of ketones is 1. The number of hydrogen-bond donors (Lipinski definition) is 0. The second-order valence-electron chi connectivity index (χ2n) is 3.59. The summed E-state index contributed by atoms with van der Waals surface area (Å²) in [5.74, 6) is 0.0244. The van der Waals surface area contributed by atoms with Crippen molar-refractivity contribution in [1.29, 1.82) is 0 Å². The second kappa shape index (κ2) is 5.86. The Labute approximate surface area is 96.8 Å². The smallest absolute Gasteiger partial charge is 0.159 e. The van der Waals surface area contributed by atoms with Crippen LogP contribution in [-0.2, 0) is 4.79 Å². The molecule has 0 aliphatic carbocycles. The van der Waals surface area contributed by atoms with Crippen LogP contribution in [0.15, 0.2) is 55.7 Å². The van der Waals surface area contributed by atoms with E-state index in [1.54, 1.807) is 6.08 Å². The fourth-order valence-corrected chi connectivity index (χ4v) is 1.58. The molecular formula is C15H16O. The van der Waals surface area contributed by atoms with E-state index < -0.39 is 0 Å². The quantitative estimate of drug-likeness (QED) is 0.537. The first kappa shape index (κ1) is 12.2. The van der Waals surface area contributed by atoms with E-state index in [4.69, 9.17) is 0 Å². The van der Waals surface area contributed by atoms with Gasteiger partial charge in [0.25, 0.3) is 0 Å². The lowest BCUT2D eigenvalue weighted by atomic mass is 9.96. The molecule has 1 nitrogen and oxygen atoms in total. The van der Waals surface area contributed by atoms with Crippen molar-refractivity contribution < 1.29 is 4.79 Å². The summed E-state index contributed by atoms with van der Waals surface area (Å²) in [4.78, 5) is 11.4. The van der Waals surface area contributed by atoms with Crippen molar-refractivity contribution in [3.63, 3.8) is 0 Å². The van der Waals surface area contributed by atoms with Gasteiger partial charge in [-0.25, -0.2) is 0 Å². The van der Waals surface area contributed by atoms with Gasteiger partial charge in [0.1, 0.15) is 0 Å². The van der Waals surface area contributed by atoms with E-state index >= 15 is 0 Å². The van der Waals surface area contributed by atoms with Gasteiger partial charge in [-0.1, -0.05) is 49.6 Å². The molecule has 0 bridgehead atoms. The van der Waals surface area contributed by atoms with Crippen molar-refractivity contribution in [1.82, 2.24) is 0 Å². The molecule has 82 valence electrons. The van der Waals surface area contributed by atoms with Gasteiger partial charge < -0.3 is 0 Å². The molecule has 0 heterocycles. The first-order valence-corrected chi connectivity index (χ1v) is 5.22.